The Morgan fingerprint density at radius 1 is 0.929 bits per heavy atom. The molecule has 42 heavy (non-hydrogen) atoms. The number of carbonyl (C=O) groups is 2. The van der Waals surface area contributed by atoms with Crippen LogP contribution >= 0.6 is 15.9 Å². The van der Waals surface area contributed by atoms with Crippen LogP contribution in [0.1, 0.15) is 39.7 Å². The standard InChI is InChI=1S/C32H40BrN3O5S/c1-5-30(32(38)34-22-24(3)4)35(21-20-25-10-8-7-9-11-25)31(37)23-36(27-14-16-28(17-15-27)41-6-2)42(39,40)29-18-12-26(33)13-19-29/h7-19,24,30H,5-6,20-23H2,1-4H3,(H,34,38)/t30-/m0/s1. The maximum atomic E-state index is 14.1. The van der Waals surface area contributed by atoms with Crippen LogP contribution in [0.15, 0.2) is 88.2 Å². The summed E-state index contributed by atoms with van der Waals surface area (Å²) in [6, 6.07) is 21.8. The smallest absolute Gasteiger partial charge is 0.264 e. The first-order valence-corrected chi connectivity index (χ1v) is 16.4. The number of ether oxygens (including phenoxy) is 1. The minimum atomic E-state index is -4.14. The van der Waals surface area contributed by atoms with E-state index in [9.17, 15) is 18.0 Å². The van der Waals surface area contributed by atoms with Crippen molar-refractivity contribution in [3.8, 4) is 5.75 Å². The molecule has 0 fully saturated rings. The second-order valence-corrected chi connectivity index (χ2v) is 13.1. The molecule has 0 aliphatic heterocycles. The summed E-state index contributed by atoms with van der Waals surface area (Å²) in [6.07, 6.45) is 0.899. The lowest BCUT2D eigenvalue weighted by atomic mass is 10.1. The van der Waals surface area contributed by atoms with Crippen molar-refractivity contribution in [1.29, 1.82) is 0 Å². The van der Waals surface area contributed by atoms with Crippen molar-refractivity contribution in [1.82, 2.24) is 10.2 Å². The molecule has 0 aliphatic rings. The van der Waals surface area contributed by atoms with Crippen molar-refractivity contribution in [2.75, 3.05) is 30.5 Å². The molecule has 0 aliphatic carbocycles. The summed E-state index contributed by atoms with van der Waals surface area (Å²) < 4.78 is 35.3. The summed E-state index contributed by atoms with van der Waals surface area (Å²) in [4.78, 5) is 28.9. The number of amides is 2. The summed E-state index contributed by atoms with van der Waals surface area (Å²) in [5, 5.41) is 2.95. The Morgan fingerprint density at radius 3 is 2.14 bits per heavy atom. The highest BCUT2D eigenvalue weighted by atomic mass is 79.9. The molecule has 10 heteroatoms. The van der Waals surface area contributed by atoms with Gasteiger partial charge < -0.3 is 15.0 Å². The summed E-state index contributed by atoms with van der Waals surface area (Å²) in [7, 11) is -4.14. The SMILES string of the molecule is CCOc1ccc(N(CC(=O)N(CCc2ccccc2)[C@@H](CC)C(=O)NCC(C)C)S(=O)(=O)c2ccc(Br)cc2)cc1. The van der Waals surface area contributed by atoms with Crippen LogP contribution < -0.4 is 14.4 Å². The number of nitrogens with zero attached hydrogens (tertiary/aromatic N) is 2. The fraction of sp³-hybridized carbons (Fsp3) is 0.375. The lowest BCUT2D eigenvalue weighted by Crippen LogP contribution is -2.53. The van der Waals surface area contributed by atoms with E-state index in [0.29, 0.717) is 37.4 Å². The highest BCUT2D eigenvalue weighted by Gasteiger charge is 2.33. The molecule has 0 heterocycles. The van der Waals surface area contributed by atoms with Gasteiger partial charge in [-0.3, -0.25) is 13.9 Å². The van der Waals surface area contributed by atoms with Gasteiger partial charge in [0.1, 0.15) is 18.3 Å². The fourth-order valence-electron chi connectivity index (χ4n) is 4.46. The Hall–Kier alpha value is -3.37. The van der Waals surface area contributed by atoms with Crippen LogP contribution in [0.2, 0.25) is 0 Å². The largest absolute Gasteiger partial charge is 0.494 e. The maximum Gasteiger partial charge on any atom is 0.264 e. The number of hydrogen-bond acceptors (Lipinski definition) is 5. The van der Waals surface area contributed by atoms with Gasteiger partial charge >= 0.3 is 0 Å². The van der Waals surface area contributed by atoms with Gasteiger partial charge in [-0.05, 0) is 79.8 Å². The van der Waals surface area contributed by atoms with E-state index < -0.39 is 28.5 Å². The maximum absolute atomic E-state index is 14.1. The third-order valence-corrected chi connectivity index (χ3v) is 8.99. The van der Waals surface area contributed by atoms with Gasteiger partial charge in [-0.15, -0.1) is 0 Å². The molecule has 3 rings (SSSR count). The van der Waals surface area contributed by atoms with Crippen LogP contribution in [-0.2, 0) is 26.0 Å². The van der Waals surface area contributed by atoms with E-state index in [1.807, 2.05) is 58.0 Å². The number of sulfonamides is 1. The number of hydrogen-bond donors (Lipinski definition) is 1. The van der Waals surface area contributed by atoms with Crippen LogP contribution in [-0.4, -0.2) is 57.4 Å². The molecule has 0 saturated carbocycles. The molecule has 0 unspecified atom stereocenters. The van der Waals surface area contributed by atoms with Crippen LogP contribution in [0.3, 0.4) is 0 Å². The molecule has 0 bridgehead atoms. The summed E-state index contributed by atoms with van der Waals surface area (Å²) in [5.41, 5.74) is 1.33. The Balaban J connectivity index is 2.00. The van der Waals surface area contributed by atoms with E-state index in [4.69, 9.17) is 4.74 Å². The minimum Gasteiger partial charge on any atom is -0.494 e. The van der Waals surface area contributed by atoms with E-state index in [2.05, 4.69) is 21.2 Å². The lowest BCUT2D eigenvalue weighted by molar-refractivity contribution is -0.139. The first kappa shape index (κ1) is 33.1. The quantitative estimate of drug-likeness (QED) is 0.227. The first-order chi connectivity index (χ1) is 20.1. The molecule has 1 N–H and O–H groups in total. The molecule has 226 valence electrons. The van der Waals surface area contributed by atoms with Crippen molar-refractivity contribution in [2.45, 2.75) is 51.5 Å². The molecule has 0 saturated heterocycles. The van der Waals surface area contributed by atoms with Crippen molar-refractivity contribution in [3.63, 3.8) is 0 Å². The normalized spacial score (nSPS) is 12.0. The van der Waals surface area contributed by atoms with Gasteiger partial charge in [0.2, 0.25) is 11.8 Å². The number of benzene rings is 3. The van der Waals surface area contributed by atoms with E-state index in [-0.39, 0.29) is 23.3 Å². The van der Waals surface area contributed by atoms with Crippen molar-refractivity contribution < 1.29 is 22.7 Å². The molecule has 1 atom stereocenters. The molecule has 3 aromatic carbocycles. The molecular formula is C32H40BrN3O5S. The van der Waals surface area contributed by atoms with Gasteiger partial charge in [0.15, 0.2) is 0 Å². The van der Waals surface area contributed by atoms with Crippen molar-refractivity contribution in [3.05, 3.63) is 88.9 Å². The molecule has 2 amide bonds. The van der Waals surface area contributed by atoms with E-state index in [1.54, 1.807) is 36.4 Å². The van der Waals surface area contributed by atoms with E-state index >= 15 is 0 Å². The number of anilines is 1. The lowest BCUT2D eigenvalue weighted by Gasteiger charge is -2.33. The third kappa shape index (κ3) is 9.06. The van der Waals surface area contributed by atoms with E-state index in [0.717, 1.165) is 14.3 Å². The zero-order valence-electron chi connectivity index (χ0n) is 24.6. The van der Waals surface area contributed by atoms with Gasteiger partial charge in [0.25, 0.3) is 10.0 Å². The van der Waals surface area contributed by atoms with Crippen LogP contribution in [0.5, 0.6) is 5.75 Å². The fourth-order valence-corrected chi connectivity index (χ4v) is 6.13. The van der Waals surface area contributed by atoms with Gasteiger partial charge in [-0.25, -0.2) is 8.42 Å². The Labute approximate surface area is 258 Å². The second-order valence-electron chi connectivity index (χ2n) is 10.3. The molecule has 8 nitrogen and oxygen atoms in total. The Morgan fingerprint density at radius 2 is 1.57 bits per heavy atom. The third-order valence-electron chi connectivity index (χ3n) is 6.67. The Kier molecular flexibility index (Phi) is 12.4. The Bertz CT molecular complexity index is 1400. The summed E-state index contributed by atoms with van der Waals surface area (Å²) >= 11 is 3.35. The summed E-state index contributed by atoms with van der Waals surface area (Å²) in [6.45, 7) is 8.44. The van der Waals surface area contributed by atoms with E-state index in [1.165, 1.54) is 17.0 Å². The van der Waals surface area contributed by atoms with Gasteiger partial charge in [-0.2, -0.15) is 0 Å². The van der Waals surface area contributed by atoms with Crippen molar-refractivity contribution in [2.24, 2.45) is 5.92 Å². The molecule has 0 spiro atoms. The zero-order chi connectivity index (χ0) is 30.7. The number of carbonyl (C=O) groups excluding carboxylic acids is 2. The summed E-state index contributed by atoms with van der Waals surface area (Å²) in [5.74, 6) is 0.111. The molecule has 0 radical (unpaired) electrons. The molecular weight excluding hydrogens is 618 g/mol. The first-order valence-electron chi connectivity index (χ1n) is 14.2. The minimum absolute atomic E-state index is 0.0462. The number of halogens is 1. The number of nitrogens with one attached hydrogen (secondary N) is 1. The van der Waals surface area contributed by atoms with Crippen LogP contribution in [0.4, 0.5) is 5.69 Å². The monoisotopic (exact) mass is 657 g/mol. The van der Waals surface area contributed by atoms with Gasteiger partial charge in [0, 0.05) is 17.6 Å². The molecule has 0 aromatic heterocycles. The predicted molar refractivity (Wildman–Crippen MR) is 170 cm³/mol. The predicted octanol–water partition coefficient (Wildman–Crippen LogP) is 5.67. The van der Waals surface area contributed by atoms with Crippen molar-refractivity contribution >= 4 is 43.5 Å². The highest BCUT2D eigenvalue weighted by Crippen LogP contribution is 2.27. The number of rotatable bonds is 15. The second kappa shape index (κ2) is 15.7. The van der Waals surface area contributed by atoms with Crippen LogP contribution in [0, 0.1) is 5.92 Å². The molecule has 3 aromatic rings. The average molecular weight is 659 g/mol. The van der Waals surface area contributed by atoms with Gasteiger partial charge in [0.05, 0.1) is 17.2 Å². The topological polar surface area (TPSA) is 96.0 Å². The highest BCUT2D eigenvalue weighted by molar-refractivity contribution is 9.10. The van der Waals surface area contributed by atoms with Crippen LogP contribution in [0.25, 0.3) is 0 Å². The zero-order valence-corrected chi connectivity index (χ0v) is 27.0. The average Bonchev–Trinajstić information content (AvgIpc) is 2.98. The van der Waals surface area contributed by atoms with Gasteiger partial charge in [-0.1, -0.05) is 67.0 Å².